The van der Waals surface area contributed by atoms with Crippen LogP contribution in [0.4, 0.5) is 0 Å². The van der Waals surface area contributed by atoms with E-state index in [9.17, 15) is 5.11 Å². The monoisotopic (exact) mass is 200 g/mol. The molecule has 0 amide bonds. The maximum atomic E-state index is 9.72. The van der Waals surface area contributed by atoms with E-state index in [2.05, 4.69) is 0 Å². The van der Waals surface area contributed by atoms with Gasteiger partial charge >= 0.3 is 0 Å². The lowest BCUT2D eigenvalue weighted by atomic mass is 9.93. The molecule has 1 rings (SSSR count). The molecule has 2 radical (unpaired) electrons. The molecule has 14 heavy (non-hydrogen) atoms. The summed E-state index contributed by atoms with van der Waals surface area (Å²) < 4.78 is 15.7. The second kappa shape index (κ2) is 5.12. The summed E-state index contributed by atoms with van der Waals surface area (Å²) >= 11 is 0. The van der Waals surface area contributed by atoms with E-state index < -0.39 is 24.3 Å². The van der Waals surface area contributed by atoms with Gasteiger partial charge in [-0.2, -0.15) is 0 Å². The normalized spacial score (nSPS) is 38.1. The molecular weight excluding hydrogens is 183 g/mol. The molecular formula is C9H17BO4. The van der Waals surface area contributed by atoms with Gasteiger partial charge in [-0.1, -0.05) is 0 Å². The van der Waals surface area contributed by atoms with Crippen molar-refractivity contribution in [1.82, 2.24) is 0 Å². The molecule has 0 aliphatic carbocycles. The molecule has 1 heterocycles. The van der Waals surface area contributed by atoms with E-state index in [4.69, 9.17) is 22.1 Å². The van der Waals surface area contributed by atoms with Crippen LogP contribution in [0.15, 0.2) is 0 Å². The Morgan fingerprint density at radius 1 is 1.50 bits per heavy atom. The van der Waals surface area contributed by atoms with Crippen LogP contribution in [0.25, 0.3) is 0 Å². The van der Waals surface area contributed by atoms with E-state index in [1.54, 1.807) is 0 Å². The van der Waals surface area contributed by atoms with Crippen molar-refractivity contribution in [3.63, 3.8) is 0 Å². The van der Waals surface area contributed by atoms with Crippen LogP contribution in [-0.2, 0) is 14.2 Å². The molecule has 4 nitrogen and oxygen atoms in total. The lowest BCUT2D eigenvalue weighted by Crippen LogP contribution is -2.36. The maximum Gasteiger partial charge on any atom is 0.112 e. The summed E-state index contributed by atoms with van der Waals surface area (Å²) in [4.78, 5) is 0. The molecule has 0 aromatic heterocycles. The molecule has 4 unspecified atom stereocenters. The second-order valence-electron chi connectivity index (χ2n) is 3.71. The third kappa shape index (κ3) is 2.70. The Morgan fingerprint density at radius 3 is 2.57 bits per heavy atom. The molecule has 1 aliphatic rings. The zero-order chi connectivity index (χ0) is 10.7. The second-order valence-corrected chi connectivity index (χ2v) is 3.71. The van der Waals surface area contributed by atoms with Crippen molar-refractivity contribution in [3.05, 3.63) is 0 Å². The van der Waals surface area contributed by atoms with Gasteiger partial charge in [0, 0.05) is 13.1 Å². The van der Waals surface area contributed by atoms with Gasteiger partial charge in [-0.3, -0.25) is 0 Å². The van der Waals surface area contributed by atoms with Crippen LogP contribution in [0, 0.1) is 0 Å². The van der Waals surface area contributed by atoms with Gasteiger partial charge < -0.3 is 19.3 Å². The topological polar surface area (TPSA) is 47.9 Å². The van der Waals surface area contributed by atoms with Crippen molar-refractivity contribution in [2.24, 2.45) is 0 Å². The van der Waals surface area contributed by atoms with Crippen LogP contribution in [0.3, 0.4) is 0 Å². The van der Waals surface area contributed by atoms with Crippen molar-refractivity contribution < 1.29 is 19.3 Å². The fraction of sp³-hybridized carbons (Fsp3) is 1.00. The Labute approximate surface area is 85.9 Å². The number of rotatable bonds is 4. The Morgan fingerprint density at radius 2 is 2.14 bits per heavy atom. The maximum absolute atomic E-state index is 9.72. The van der Waals surface area contributed by atoms with Gasteiger partial charge in [-0.25, -0.2) is 0 Å². The number of aliphatic hydroxyl groups excluding tert-OH is 1. The molecule has 1 saturated heterocycles. The van der Waals surface area contributed by atoms with Crippen molar-refractivity contribution >= 4 is 7.85 Å². The minimum Gasteiger partial charge on any atom is -0.388 e. The molecule has 0 saturated carbocycles. The number of aliphatic hydroxyl groups is 1. The third-order valence-electron chi connectivity index (χ3n) is 2.24. The molecule has 1 N–H and O–H groups in total. The Bertz CT molecular complexity index is 176. The van der Waals surface area contributed by atoms with Gasteiger partial charge in [0.2, 0.25) is 0 Å². The molecule has 5 heteroatoms. The first-order valence-corrected chi connectivity index (χ1v) is 4.79. The molecule has 0 bridgehead atoms. The highest BCUT2D eigenvalue weighted by molar-refractivity contribution is 6.11. The summed E-state index contributed by atoms with van der Waals surface area (Å²) in [7, 11) is 7.12. The van der Waals surface area contributed by atoms with E-state index in [0.717, 1.165) is 0 Å². The Kier molecular flexibility index (Phi) is 4.38. The van der Waals surface area contributed by atoms with Crippen molar-refractivity contribution in [2.75, 3.05) is 13.7 Å². The molecule has 0 aromatic rings. The number of ether oxygens (including phenoxy) is 3. The average Bonchev–Trinajstić information content (AvgIpc) is 2.38. The van der Waals surface area contributed by atoms with Crippen molar-refractivity contribution in [2.45, 2.75) is 44.3 Å². The summed E-state index contributed by atoms with van der Waals surface area (Å²) in [5.74, 6) is 0. The van der Waals surface area contributed by atoms with Crippen molar-refractivity contribution in [3.8, 4) is 0 Å². The minimum atomic E-state index is -0.714. The zero-order valence-electron chi connectivity index (χ0n) is 8.84. The predicted molar refractivity (Wildman–Crippen MR) is 52.3 cm³/mol. The molecule has 4 atom stereocenters. The van der Waals surface area contributed by atoms with Crippen LogP contribution in [-0.4, -0.2) is 57.1 Å². The van der Waals surface area contributed by atoms with Crippen LogP contribution >= 0.6 is 0 Å². The third-order valence-corrected chi connectivity index (χ3v) is 2.24. The van der Waals surface area contributed by atoms with Crippen LogP contribution in [0.1, 0.15) is 13.8 Å². The lowest BCUT2D eigenvalue weighted by molar-refractivity contribution is -0.0504. The predicted octanol–water partition coefficient (Wildman–Crippen LogP) is -0.319. The lowest BCUT2D eigenvalue weighted by Gasteiger charge is -2.17. The largest absolute Gasteiger partial charge is 0.388 e. The summed E-state index contributed by atoms with van der Waals surface area (Å²) in [5.41, 5.74) is 0. The molecule has 1 fully saturated rings. The fourth-order valence-corrected chi connectivity index (χ4v) is 1.46. The highest BCUT2D eigenvalue weighted by Gasteiger charge is 2.41. The van der Waals surface area contributed by atoms with Gasteiger partial charge in [0.25, 0.3) is 0 Å². The summed E-state index contributed by atoms with van der Waals surface area (Å²) in [6.07, 6.45) is -1.45. The summed E-state index contributed by atoms with van der Waals surface area (Å²) in [6.45, 7) is 4.19. The summed E-state index contributed by atoms with van der Waals surface area (Å²) in [5, 5.41) is 9.72. The van der Waals surface area contributed by atoms with Crippen LogP contribution < -0.4 is 0 Å². The number of methoxy groups -OCH3 is 1. The quantitative estimate of drug-likeness (QED) is 0.632. The average molecular weight is 200 g/mol. The smallest absolute Gasteiger partial charge is 0.112 e. The molecule has 1 aliphatic heterocycles. The standard InChI is InChI=1S/C9H17BO4/c1-5(2)13-4-6-7(11)8(12-3)9(10)14-6/h5-9,11H,4H2,1-3H3. The first-order valence-electron chi connectivity index (χ1n) is 4.79. The Hall–Kier alpha value is -0.0951. The van der Waals surface area contributed by atoms with E-state index in [1.807, 2.05) is 13.8 Å². The summed E-state index contributed by atoms with van der Waals surface area (Å²) in [6, 6.07) is -0.573. The first kappa shape index (κ1) is 12.0. The van der Waals surface area contributed by atoms with E-state index in [0.29, 0.717) is 6.61 Å². The van der Waals surface area contributed by atoms with Gasteiger partial charge in [0.1, 0.15) is 26.2 Å². The van der Waals surface area contributed by atoms with E-state index in [1.165, 1.54) is 7.11 Å². The highest BCUT2D eigenvalue weighted by Crippen LogP contribution is 2.22. The molecule has 80 valence electrons. The Balaban J connectivity index is 2.41. The molecule has 0 spiro atoms. The van der Waals surface area contributed by atoms with Crippen molar-refractivity contribution in [1.29, 1.82) is 0 Å². The number of hydrogen-bond acceptors (Lipinski definition) is 4. The highest BCUT2D eigenvalue weighted by atomic mass is 16.6. The fourth-order valence-electron chi connectivity index (χ4n) is 1.46. The zero-order valence-corrected chi connectivity index (χ0v) is 8.84. The van der Waals surface area contributed by atoms with Gasteiger partial charge in [0.15, 0.2) is 0 Å². The van der Waals surface area contributed by atoms with Crippen LogP contribution in [0.5, 0.6) is 0 Å². The van der Waals surface area contributed by atoms with Gasteiger partial charge in [0.05, 0.1) is 12.7 Å². The van der Waals surface area contributed by atoms with E-state index in [-0.39, 0.29) is 6.10 Å². The van der Waals surface area contributed by atoms with Gasteiger partial charge in [-0.15, -0.1) is 0 Å². The first-order chi connectivity index (χ1) is 6.56. The van der Waals surface area contributed by atoms with Gasteiger partial charge in [-0.05, 0) is 13.8 Å². The van der Waals surface area contributed by atoms with Crippen LogP contribution in [0.2, 0.25) is 0 Å². The SMILES string of the molecule is [B]C1OC(COC(C)C)C(O)C1OC. The number of hydrogen-bond donors (Lipinski definition) is 1. The minimum absolute atomic E-state index is 0.114. The van der Waals surface area contributed by atoms with E-state index >= 15 is 0 Å². The molecule has 0 aromatic carbocycles.